The normalized spacial score (nSPS) is 18.3. The van der Waals surface area contributed by atoms with Gasteiger partial charge in [0.05, 0.1) is 5.69 Å². The van der Waals surface area contributed by atoms with Crippen molar-refractivity contribution >= 4 is 33.1 Å². The summed E-state index contributed by atoms with van der Waals surface area (Å²) >= 11 is 1.36. The zero-order valence-electron chi connectivity index (χ0n) is 11.1. The lowest BCUT2D eigenvalue weighted by Crippen LogP contribution is -2.29. The molecule has 1 amide bonds. The Morgan fingerprint density at radius 1 is 1.50 bits per heavy atom. The van der Waals surface area contributed by atoms with E-state index in [0.717, 1.165) is 29.5 Å². The van der Waals surface area contributed by atoms with Gasteiger partial charge in [0.2, 0.25) is 0 Å². The molecule has 0 saturated heterocycles. The molecule has 1 atom stereocenters. The van der Waals surface area contributed by atoms with Crippen molar-refractivity contribution in [3.63, 3.8) is 0 Å². The van der Waals surface area contributed by atoms with Crippen LogP contribution in [0.5, 0.6) is 0 Å². The number of hydrogen-bond donors (Lipinski definition) is 2. The molecule has 3 N–H and O–H groups in total. The number of amides is 1. The number of nitrogens with zero attached hydrogens (tertiary/aromatic N) is 1. The number of allylic oxidation sites excluding steroid dienone is 2. The number of carbonyl (C=O) groups excluding carboxylic acids is 1. The van der Waals surface area contributed by atoms with Crippen molar-refractivity contribution in [3.8, 4) is 0 Å². The Balaban J connectivity index is 1.72. The first-order valence-corrected chi connectivity index (χ1v) is 7.63. The number of anilines is 1. The smallest absolute Gasteiger partial charge is 0.263 e. The molecule has 2 aromatic rings. The van der Waals surface area contributed by atoms with Crippen LogP contribution in [-0.4, -0.2) is 17.4 Å². The third-order valence-electron chi connectivity index (χ3n) is 3.64. The quantitative estimate of drug-likeness (QED) is 0.853. The molecule has 1 unspecified atom stereocenters. The van der Waals surface area contributed by atoms with Crippen LogP contribution in [0.2, 0.25) is 0 Å². The summed E-state index contributed by atoms with van der Waals surface area (Å²) in [5.74, 6) is 0.456. The van der Waals surface area contributed by atoms with Crippen LogP contribution in [0.25, 0.3) is 10.2 Å². The number of nitrogen functional groups attached to an aromatic ring is 1. The van der Waals surface area contributed by atoms with E-state index in [2.05, 4.69) is 22.5 Å². The third kappa shape index (κ3) is 2.54. The Morgan fingerprint density at radius 2 is 2.40 bits per heavy atom. The maximum Gasteiger partial charge on any atom is 0.263 e. The van der Waals surface area contributed by atoms with Gasteiger partial charge in [-0.05, 0) is 37.3 Å². The number of aromatic nitrogens is 1. The Kier molecular flexibility index (Phi) is 3.69. The van der Waals surface area contributed by atoms with E-state index >= 15 is 0 Å². The average Bonchev–Trinajstić information content (AvgIpc) is 2.84. The fourth-order valence-corrected chi connectivity index (χ4v) is 3.46. The summed E-state index contributed by atoms with van der Waals surface area (Å²) in [7, 11) is 0. The molecule has 0 radical (unpaired) electrons. The maximum atomic E-state index is 12.3. The van der Waals surface area contributed by atoms with Crippen LogP contribution in [0.1, 0.15) is 28.9 Å². The van der Waals surface area contributed by atoms with Gasteiger partial charge in [-0.1, -0.05) is 12.2 Å². The van der Waals surface area contributed by atoms with E-state index in [9.17, 15) is 4.79 Å². The zero-order chi connectivity index (χ0) is 13.9. The van der Waals surface area contributed by atoms with E-state index in [1.165, 1.54) is 11.3 Å². The van der Waals surface area contributed by atoms with Gasteiger partial charge in [0.25, 0.3) is 5.91 Å². The summed E-state index contributed by atoms with van der Waals surface area (Å²) in [5.41, 5.74) is 6.59. The highest BCUT2D eigenvalue weighted by Gasteiger charge is 2.18. The number of fused-ring (bicyclic) bond motifs is 1. The van der Waals surface area contributed by atoms with Gasteiger partial charge >= 0.3 is 0 Å². The highest BCUT2D eigenvalue weighted by molar-refractivity contribution is 7.21. The summed E-state index contributed by atoms with van der Waals surface area (Å²) in [5, 5.41) is 3.86. The molecule has 2 aromatic heterocycles. The van der Waals surface area contributed by atoms with Crippen molar-refractivity contribution in [2.24, 2.45) is 5.92 Å². The van der Waals surface area contributed by atoms with Gasteiger partial charge < -0.3 is 11.1 Å². The van der Waals surface area contributed by atoms with Crippen molar-refractivity contribution in [3.05, 3.63) is 35.4 Å². The highest BCUT2D eigenvalue weighted by Crippen LogP contribution is 2.31. The average molecular weight is 287 g/mol. The lowest BCUT2D eigenvalue weighted by Gasteiger charge is -2.17. The van der Waals surface area contributed by atoms with E-state index < -0.39 is 0 Å². The van der Waals surface area contributed by atoms with Crippen LogP contribution in [0.3, 0.4) is 0 Å². The molecule has 1 aliphatic rings. The number of hydrogen-bond acceptors (Lipinski definition) is 4. The summed E-state index contributed by atoms with van der Waals surface area (Å²) in [6.07, 6.45) is 9.40. The first kappa shape index (κ1) is 13.1. The lowest BCUT2D eigenvalue weighted by atomic mass is 9.94. The molecule has 0 aliphatic heterocycles. The number of nitrogens with one attached hydrogen (secondary N) is 1. The highest BCUT2D eigenvalue weighted by atomic mass is 32.1. The van der Waals surface area contributed by atoms with Crippen molar-refractivity contribution < 1.29 is 4.79 Å². The SMILES string of the molecule is Nc1c(C(=O)NCC2CC=CCC2)sc2ncccc12. The Morgan fingerprint density at radius 3 is 3.15 bits per heavy atom. The Bertz CT molecular complexity index is 662. The number of thiophene rings is 1. The summed E-state index contributed by atoms with van der Waals surface area (Å²) < 4.78 is 0. The van der Waals surface area contributed by atoms with Gasteiger partial charge in [-0.15, -0.1) is 11.3 Å². The second-order valence-electron chi connectivity index (χ2n) is 5.06. The van der Waals surface area contributed by atoms with Crippen molar-refractivity contribution in [1.82, 2.24) is 10.3 Å². The molecule has 2 heterocycles. The van der Waals surface area contributed by atoms with Gasteiger partial charge in [0, 0.05) is 18.1 Å². The topological polar surface area (TPSA) is 68.0 Å². The van der Waals surface area contributed by atoms with Gasteiger partial charge in [0.15, 0.2) is 0 Å². The molecule has 3 rings (SSSR count). The van der Waals surface area contributed by atoms with Gasteiger partial charge in [-0.3, -0.25) is 4.79 Å². The zero-order valence-corrected chi connectivity index (χ0v) is 12.0. The fraction of sp³-hybridized carbons (Fsp3) is 0.333. The first-order valence-electron chi connectivity index (χ1n) is 6.82. The first-order chi connectivity index (χ1) is 9.75. The molecule has 0 fully saturated rings. The van der Waals surface area contributed by atoms with E-state index in [4.69, 9.17) is 5.73 Å². The molecule has 104 valence electrons. The van der Waals surface area contributed by atoms with Crippen molar-refractivity contribution in [2.75, 3.05) is 12.3 Å². The molecule has 4 nitrogen and oxygen atoms in total. The second kappa shape index (κ2) is 5.63. The van der Waals surface area contributed by atoms with Gasteiger partial charge in [-0.25, -0.2) is 4.98 Å². The third-order valence-corrected chi connectivity index (χ3v) is 4.77. The van der Waals surface area contributed by atoms with E-state index in [1.807, 2.05) is 12.1 Å². The molecule has 0 aromatic carbocycles. The Hall–Kier alpha value is -1.88. The van der Waals surface area contributed by atoms with E-state index in [-0.39, 0.29) is 5.91 Å². The Labute approximate surface area is 121 Å². The van der Waals surface area contributed by atoms with Crippen molar-refractivity contribution in [2.45, 2.75) is 19.3 Å². The van der Waals surface area contributed by atoms with Crippen LogP contribution < -0.4 is 11.1 Å². The number of pyridine rings is 1. The van der Waals surface area contributed by atoms with E-state index in [1.54, 1.807) is 6.20 Å². The minimum Gasteiger partial charge on any atom is -0.397 e. The second-order valence-corrected chi connectivity index (χ2v) is 6.06. The van der Waals surface area contributed by atoms with Crippen LogP contribution in [0.4, 0.5) is 5.69 Å². The summed E-state index contributed by atoms with van der Waals surface area (Å²) in [6, 6.07) is 3.73. The van der Waals surface area contributed by atoms with E-state index in [0.29, 0.717) is 23.0 Å². The van der Waals surface area contributed by atoms with Crippen LogP contribution in [-0.2, 0) is 0 Å². The standard InChI is InChI=1S/C15H17N3OS/c16-12-11-7-4-8-17-15(11)20-13(12)14(19)18-9-10-5-2-1-3-6-10/h1-2,4,7-8,10H,3,5-6,9,16H2,(H,18,19). The number of nitrogens with two attached hydrogens (primary N) is 1. The molecule has 5 heteroatoms. The molecule has 1 aliphatic carbocycles. The molecule has 0 bridgehead atoms. The largest absolute Gasteiger partial charge is 0.397 e. The fourth-order valence-electron chi connectivity index (χ4n) is 2.48. The summed E-state index contributed by atoms with van der Waals surface area (Å²) in [4.78, 5) is 17.9. The molecule has 0 saturated carbocycles. The van der Waals surface area contributed by atoms with Gasteiger partial charge in [0.1, 0.15) is 9.71 Å². The van der Waals surface area contributed by atoms with Crippen LogP contribution in [0, 0.1) is 5.92 Å². The summed E-state index contributed by atoms with van der Waals surface area (Å²) in [6.45, 7) is 0.713. The molecule has 0 spiro atoms. The van der Waals surface area contributed by atoms with Crippen LogP contribution >= 0.6 is 11.3 Å². The minimum absolute atomic E-state index is 0.0833. The molecule has 20 heavy (non-hydrogen) atoms. The molecular formula is C15H17N3OS. The predicted octanol–water partition coefficient (Wildman–Crippen LogP) is 2.96. The van der Waals surface area contributed by atoms with Crippen molar-refractivity contribution in [1.29, 1.82) is 0 Å². The predicted molar refractivity (Wildman–Crippen MR) is 82.8 cm³/mol. The minimum atomic E-state index is -0.0833. The van der Waals surface area contributed by atoms with Crippen LogP contribution in [0.15, 0.2) is 30.5 Å². The lowest BCUT2D eigenvalue weighted by molar-refractivity contribution is 0.0951. The molecular weight excluding hydrogens is 270 g/mol. The van der Waals surface area contributed by atoms with Gasteiger partial charge in [-0.2, -0.15) is 0 Å². The number of rotatable bonds is 3. The number of carbonyl (C=O) groups is 1. The monoisotopic (exact) mass is 287 g/mol. The maximum absolute atomic E-state index is 12.3.